The Bertz CT molecular complexity index is 1200. The molecule has 4 nitrogen and oxygen atoms in total. The maximum Gasteiger partial charge on any atom is 0.258 e. The summed E-state index contributed by atoms with van der Waals surface area (Å²) in [6, 6.07) is 19.9. The van der Waals surface area contributed by atoms with Crippen molar-refractivity contribution >= 4 is 22.1 Å². The first-order chi connectivity index (χ1) is 14.6. The average molecular weight is 419 g/mol. The zero-order valence-corrected chi connectivity index (χ0v) is 18.1. The first-order valence-corrected chi connectivity index (χ1v) is 11.1. The second-order valence-electron chi connectivity index (χ2n) is 7.79. The molecule has 4 aromatic rings. The van der Waals surface area contributed by atoms with Crippen molar-refractivity contribution in [3.63, 3.8) is 0 Å². The van der Waals surface area contributed by atoms with Crippen LogP contribution in [0.3, 0.4) is 0 Å². The third-order valence-corrected chi connectivity index (χ3v) is 5.99. The number of nitrogens with two attached hydrogens (primary N) is 1. The highest BCUT2D eigenvalue weighted by atomic mass is 32.1. The molecule has 0 aliphatic rings. The minimum Gasteiger partial charge on any atom is -0.489 e. The first-order valence-electron chi connectivity index (χ1n) is 10.2. The topological polar surface area (TPSA) is 57.2 Å². The molecule has 5 heteroatoms. The number of ether oxygens (including phenoxy) is 1. The third kappa shape index (κ3) is 4.04. The molecule has 0 amide bonds. The second kappa shape index (κ2) is 8.86. The lowest BCUT2D eigenvalue weighted by Gasteiger charge is -2.20. The predicted molar refractivity (Wildman–Crippen MR) is 125 cm³/mol. The van der Waals surface area contributed by atoms with Crippen LogP contribution in [0.2, 0.25) is 0 Å². The highest BCUT2D eigenvalue weighted by Crippen LogP contribution is 2.35. The normalized spacial score (nSPS) is 11.3. The Balaban J connectivity index is 1.87. The quantitative estimate of drug-likeness (QED) is 0.436. The molecule has 4 rings (SSSR count). The molecule has 0 atom stereocenters. The molecule has 0 saturated carbocycles. The summed E-state index contributed by atoms with van der Waals surface area (Å²) < 4.78 is 7.90. The second-order valence-corrected chi connectivity index (χ2v) is 8.74. The molecule has 0 aliphatic heterocycles. The largest absolute Gasteiger partial charge is 0.489 e. The number of pyridine rings is 1. The highest BCUT2D eigenvalue weighted by molar-refractivity contribution is 7.13. The number of rotatable bonds is 7. The van der Waals surface area contributed by atoms with Crippen molar-refractivity contribution in [1.82, 2.24) is 4.57 Å². The van der Waals surface area contributed by atoms with Crippen LogP contribution in [0.25, 0.3) is 21.2 Å². The molecular formula is C25H26N2O2S. The summed E-state index contributed by atoms with van der Waals surface area (Å²) in [5.74, 6) is 1.09. The molecule has 154 valence electrons. The zero-order valence-electron chi connectivity index (χ0n) is 17.3. The Morgan fingerprint density at radius 1 is 1.03 bits per heavy atom. The fraction of sp³-hybridized carbons (Fsp3) is 0.240. The molecule has 0 saturated heterocycles. The molecule has 2 N–H and O–H groups in total. The van der Waals surface area contributed by atoms with E-state index in [9.17, 15) is 4.79 Å². The number of nitrogens with zero attached hydrogens (tertiary/aromatic N) is 1. The number of hydrogen-bond acceptors (Lipinski definition) is 4. The lowest BCUT2D eigenvalue weighted by atomic mass is 10.0. The fourth-order valence-electron chi connectivity index (χ4n) is 3.77. The van der Waals surface area contributed by atoms with Gasteiger partial charge in [0.1, 0.15) is 12.4 Å². The minimum atomic E-state index is 0.00839. The third-order valence-electron chi connectivity index (χ3n) is 5.11. The number of thiophene rings is 1. The highest BCUT2D eigenvalue weighted by Gasteiger charge is 2.19. The number of fused-ring (bicyclic) bond motifs is 1. The molecule has 2 heterocycles. The van der Waals surface area contributed by atoms with Gasteiger partial charge in [-0.3, -0.25) is 4.79 Å². The van der Waals surface area contributed by atoms with E-state index in [-0.39, 0.29) is 5.56 Å². The van der Waals surface area contributed by atoms with Gasteiger partial charge in [-0.05, 0) is 41.1 Å². The summed E-state index contributed by atoms with van der Waals surface area (Å²) >= 11 is 1.66. The molecule has 2 aromatic heterocycles. The summed E-state index contributed by atoms with van der Waals surface area (Å²) in [5.41, 5.74) is 9.20. The van der Waals surface area contributed by atoms with E-state index in [2.05, 4.69) is 25.3 Å². The van der Waals surface area contributed by atoms with E-state index in [0.29, 0.717) is 31.0 Å². The van der Waals surface area contributed by atoms with Crippen LogP contribution in [0.5, 0.6) is 5.75 Å². The van der Waals surface area contributed by atoms with Gasteiger partial charge in [0.15, 0.2) is 0 Å². The van der Waals surface area contributed by atoms with Crippen molar-refractivity contribution in [3.8, 4) is 16.2 Å². The average Bonchev–Trinajstić information content (AvgIpc) is 3.28. The van der Waals surface area contributed by atoms with Gasteiger partial charge in [-0.2, -0.15) is 0 Å². The van der Waals surface area contributed by atoms with Crippen molar-refractivity contribution in [2.75, 3.05) is 0 Å². The van der Waals surface area contributed by atoms with Crippen LogP contribution in [0.4, 0.5) is 0 Å². The predicted octanol–water partition coefficient (Wildman–Crippen LogP) is 5.42. The fourth-order valence-corrected chi connectivity index (χ4v) is 4.58. The van der Waals surface area contributed by atoms with E-state index >= 15 is 0 Å². The van der Waals surface area contributed by atoms with E-state index < -0.39 is 0 Å². The van der Waals surface area contributed by atoms with E-state index in [0.717, 1.165) is 32.8 Å². The van der Waals surface area contributed by atoms with Crippen LogP contribution in [-0.4, -0.2) is 4.57 Å². The Hall–Kier alpha value is -2.89. The van der Waals surface area contributed by atoms with Crippen molar-refractivity contribution in [2.24, 2.45) is 11.7 Å². The zero-order chi connectivity index (χ0) is 21.1. The van der Waals surface area contributed by atoms with Gasteiger partial charge in [-0.15, -0.1) is 11.3 Å². The number of benzene rings is 2. The van der Waals surface area contributed by atoms with Crippen LogP contribution >= 0.6 is 11.3 Å². The minimum absolute atomic E-state index is 0.00839. The van der Waals surface area contributed by atoms with Gasteiger partial charge in [-0.25, -0.2) is 0 Å². The number of hydrogen-bond donors (Lipinski definition) is 1. The lowest BCUT2D eigenvalue weighted by Crippen LogP contribution is -2.28. The summed E-state index contributed by atoms with van der Waals surface area (Å²) in [4.78, 5) is 14.4. The maximum absolute atomic E-state index is 13.3. The van der Waals surface area contributed by atoms with Gasteiger partial charge in [0.05, 0.1) is 0 Å². The molecular weight excluding hydrogens is 392 g/mol. The lowest BCUT2D eigenvalue weighted by molar-refractivity contribution is 0.306. The van der Waals surface area contributed by atoms with Gasteiger partial charge < -0.3 is 15.0 Å². The van der Waals surface area contributed by atoms with E-state index in [1.807, 2.05) is 59.2 Å². The summed E-state index contributed by atoms with van der Waals surface area (Å²) in [6.07, 6.45) is 0. The molecule has 0 radical (unpaired) electrons. The van der Waals surface area contributed by atoms with Crippen LogP contribution in [0.1, 0.15) is 25.1 Å². The Kier molecular flexibility index (Phi) is 6.02. The first kappa shape index (κ1) is 20.4. The number of aromatic nitrogens is 1. The van der Waals surface area contributed by atoms with Crippen molar-refractivity contribution in [3.05, 3.63) is 87.7 Å². The Morgan fingerprint density at radius 2 is 1.83 bits per heavy atom. The van der Waals surface area contributed by atoms with Gasteiger partial charge in [-0.1, -0.05) is 50.2 Å². The van der Waals surface area contributed by atoms with Gasteiger partial charge in [0, 0.05) is 40.0 Å². The van der Waals surface area contributed by atoms with Gasteiger partial charge in [0.2, 0.25) is 0 Å². The van der Waals surface area contributed by atoms with Crippen molar-refractivity contribution in [2.45, 2.75) is 33.5 Å². The van der Waals surface area contributed by atoms with E-state index in [4.69, 9.17) is 10.5 Å². The Morgan fingerprint density at radius 3 is 2.50 bits per heavy atom. The maximum atomic E-state index is 13.3. The van der Waals surface area contributed by atoms with Crippen LogP contribution in [-0.2, 0) is 19.7 Å². The standard InChI is InChI=1S/C25H26N2O2S/c1-17(2)15-27-22(14-26)24(23-9-6-12-30-23)21-13-19(10-11-20(21)25(27)28)29-16-18-7-4-3-5-8-18/h3-13,17H,14-16,26H2,1-2H3. The molecule has 0 bridgehead atoms. The molecule has 2 aromatic carbocycles. The Labute approximate surface area is 180 Å². The molecule has 0 unspecified atom stereocenters. The molecule has 0 spiro atoms. The van der Waals surface area contributed by atoms with Crippen LogP contribution in [0.15, 0.2) is 70.8 Å². The van der Waals surface area contributed by atoms with Crippen molar-refractivity contribution < 1.29 is 4.74 Å². The molecule has 0 fully saturated rings. The monoisotopic (exact) mass is 418 g/mol. The summed E-state index contributed by atoms with van der Waals surface area (Å²) in [7, 11) is 0. The van der Waals surface area contributed by atoms with Gasteiger partial charge >= 0.3 is 0 Å². The van der Waals surface area contributed by atoms with Gasteiger partial charge in [0.25, 0.3) is 5.56 Å². The summed E-state index contributed by atoms with van der Waals surface area (Å²) in [6.45, 7) is 5.66. The van der Waals surface area contributed by atoms with Crippen molar-refractivity contribution in [1.29, 1.82) is 0 Å². The van der Waals surface area contributed by atoms with Crippen LogP contribution in [0, 0.1) is 5.92 Å². The van der Waals surface area contributed by atoms with E-state index in [1.54, 1.807) is 11.3 Å². The van der Waals surface area contributed by atoms with Crippen LogP contribution < -0.4 is 16.0 Å². The molecule has 30 heavy (non-hydrogen) atoms. The SMILES string of the molecule is CC(C)Cn1c(CN)c(-c2cccs2)c2cc(OCc3ccccc3)ccc2c1=O. The van der Waals surface area contributed by atoms with E-state index in [1.165, 1.54) is 0 Å². The molecule has 0 aliphatic carbocycles. The smallest absolute Gasteiger partial charge is 0.258 e. The summed E-state index contributed by atoms with van der Waals surface area (Å²) in [5, 5.41) is 3.64.